The predicted molar refractivity (Wildman–Crippen MR) is 81.7 cm³/mol. The number of aromatic amines is 1. The quantitative estimate of drug-likeness (QED) is 0.561. The van der Waals surface area contributed by atoms with Crippen LogP contribution in [0.25, 0.3) is 32.8 Å². The first-order chi connectivity index (χ1) is 9.69. The van der Waals surface area contributed by atoms with Crippen molar-refractivity contribution in [2.45, 2.75) is 6.92 Å². The van der Waals surface area contributed by atoms with E-state index in [2.05, 4.69) is 19.9 Å². The number of H-pyrrole nitrogens is 1. The van der Waals surface area contributed by atoms with E-state index in [0.29, 0.717) is 5.13 Å². The average Bonchev–Trinajstić information content (AvgIpc) is 2.99. The van der Waals surface area contributed by atoms with Crippen LogP contribution in [0.5, 0.6) is 0 Å². The zero-order valence-electron chi connectivity index (χ0n) is 10.7. The maximum atomic E-state index is 5.73. The van der Waals surface area contributed by atoms with E-state index in [9.17, 15) is 0 Å². The second-order valence-electron chi connectivity index (χ2n) is 4.70. The molecule has 0 unspecified atom stereocenters. The Morgan fingerprint density at radius 2 is 2.10 bits per heavy atom. The fraction of sp³-hybridized carbons (Fsp3) is 0.0714. The fourth-order valence-corrected chi connectivity index (χ4v) is 3.00. The molecule has 0 spiro atoms. The van der Waals surface area contributed by atoms with Gasteiger partial charge in [0.2, 0.25) is 0 Å². The van der Waals surface area contributed by atoms with Gasteiger partial charge in [-0.1, -0.05) is 11.3 Å². The summed E-state index contributed by atoms with van der Waals surface area (Å²) in [6, 6.07) is 8.05. The highest BCUT2D eigenvalue weighted by Crippen LogP contribution is 2.28. The van der Waals surface area contributed by atoms with Gasteiger partial charge in [0.15, 0.2) is 10.8 Å². The topological polar surface area (TPSA) is 80.5 Å². The molecule has 0 aliphatic carbocycles. The third-order valence-corrected chi connectivity index (χ3v) is 4.00. The van der Waals surface area contributed by atoms with Crippen LogP contribution < -0.4 is 5.73 Å². The maximum Gasteiger partial charge on any atom is 0.181 e. The van der Waals surface area contributed by atoms with Crippen molar-refractivity contribution in [2.24, 2.45) is 0 Å². The number of fused-ring (bicyclic) bond motifs is 2. The van der Waals surface area contributed by atoms with E-state index in [0.717, 1.165) is 38.3 Å². The van der Waals surface area contributed by atoms with Crippen LogP contribution in [0, 0.1) is 6.92 Å². The highest BCUT2D eigenvalue weighted by Gasteiger charge is 2.08. The Morgan fingerprint density at radius 3 is 3.00 bits per heavy atom. The van der Waals surface area contributed by atoms with Crippen molar-refractivity contribution in [1.82, 2.24) is 19.9 Å². The third kappa shape index (κ3) is 1.73. The molecule has 0 fully saturated rings. The van der Waals surface area contributed by atoms with Crippen LogP contribution in [0.2, 0.25) is 0 Å². The van der Waals surface area contributed by atoms with Gasteiger partial charge in [0, 0.05) is 11.8 Å². The molecule has 0 saturated carbocycles. The molecule has 0 amide bonds. The summed E-state index contributed by atoms with van der Waals surface area (Å²) < 4.78 is 1.06. The van der Waals surface area contributed by atoms with Gasteiger partial charge in [-0.05, 0) is 36.8 Å². The lowest BCUT2D eigenvalue weighted by molar-refractivity contribution is 1.28. The summed E-state index contributed by atoms with van der Waals surface area (Å²) in [7, 11) is 0. The van der Waals surface area contributed by atoms with Gasteiger partial charge in [-0.25, -0.2) is 15.0 Å². The molecule has 5 nitrogen and oxygen atoms in total. The fourth-order valence-electron chi connectivity index (χ4n) is 2.23. The molecule has 98 valence electrons. The molecular formula is C14H11N5S. The molecule has 0 bridgehead atoms. The van der Waals surface area contributed by atoms with Crippen LogP contribution in [0.4, 0.5) is 5.13 Å². The minimum absolute atomic E-state index is 0.582. The molecule has 0 radical (unpaired) electrons. The summed E-state index contributed by atoms with van der Waals surface area (Å²) in [5, 5.41) is 0.582. The Hall–Kier alpha value is -2.47. The van der Waals surface area contributed by atoms with Crippen molar-refractivity contribution < 1.29 is 0 Å². The molecule has 20 heavy (non-hydrogen) atoms. The zero-order chi connectivity index (χ0) is 13.7. The molecular weight excluding hydrogens is 270 g/mol. The van der Waals surface area contributed by atoms with Gasteiger partial charge in [0.05, 0.1) is 15.7 Å². The standard InChI is InChI=1S/C14H11N5S/c1-7-4-10-13(16-6-7)19-12(17-10)8-2-3-9-11(5-8)20-14(15)18-9/h2-6H,1H3,(H2,15,18)(H,16,17,19). The second-order valence-corrected chi connectivity index (χ2v) is 5.77. The molecule has 0 saturated heterocycles. The van der Waals surface area contributed by atoms with Crippen molar-refractivity contribution in [1.29, 1.82) is 0 Å². The predicted octanol–water partition coefficient (Wildman–Crippen LogP) is 3.13. The largest absolute Gasteiger partial charge is 0.375 e. The Balaban J connectivity index is 1.90. The van der Waals surface area contributed by atoms with Crippen molar-refractivity contribution >= 4 is 37.8 Å². The highest BCUT2D eigenvalue weighted by molar-refractivity contribution is 7.22. The number of aryl methyl sites for hydroxylation is 1. The Morgan fingerprint density at radius 1 is 1.20 bits per heavy atom. The van der Waals surface area contributed by atoms with Gasteiger partial charge in [0.25, 0.3) is 0 Å². The van der Waals surface area contributed by atoms with Crippen molar-refractivity contribution in [2.75, 3.05) is 5.73 Å². The normalized spacial score (nSPS) is 11.4. The van der Waals surface area contributed by atoms with Gasteiger partial charge < -0.3 is 10.7 Å². The first-order valence-electron chi connectivity index (χ1n) is 6.18. The number of nitrogens with one attached hydrogen (secondary N) is 1. The first kappa shape index (κ1) is 11.4. The van der Waals surface area contributed by atoms with Gasteiger partial charge in [0.1, 0.15) is 5.82 Å². The maximum absolute atomic E-state index is 5.73. The Kier molecular flexibility index (Phi) is 2.28. The van der Waals surface area contributed by atoms with Crippen LogP contribution in [0.15, 0.2) is 30.5 Å². The minimum Gasteiger partial charge on any atom is -0.375 e. The van der Waals surface area contributed by atoms with E-state index in [1.807, 2.05) is 37.4 Å². The van der Waals surface area contributed by atoms with Crippen LogP contribution in [-0.2, 0) is 0 Å². The molecule has 4 rings (SSSR count). The SMILES string of the molecule is Cc1cnc2nc(-c3ccc4nc(N)sc4c3)[nH]c2c1. The number of benzene rings is 1. The number of imidazole rings is 1. The Bertz CT molecular complexity index is 937. The van der Waals surface area contributed by atoms with E-state index in [4.69, 9.17) is 5.73 Å². The molecule has 0 aliphatic rings. The van der Waals surface area contributed by atoms with Crippen molar-refractivity contribution in [3.63, 3.8) is 0 Å². The molecule has 6 heteroatoms. The van der Waals surface area contributed by atoms with Gasteiger partial charge >= 0.3 is 0 Å². The van der Waals surface area contributed by atoms with Crippen LogP contribution >= 0.6 is 11.3 Å². The minimum atomic E-state index is 0.582. The van der Waals surface area contributed by atoms with Gasteiger partial charge in [-0.15, -0.1) is 0 Å². The lowest BCUT2D eigenvalue weighted by Gasteiger charge is -1.95. The number of rotatable bonds is 1. The average molecular weight is 281 g/mol. The number of aromatic nitrogens is 4. The third-order valence-electron chi connectivity index (χ3n) is 3.15. The molecule has 1 aromatic carbocycles. The molecule has 4 aromatic rings. The monoisotopic (exact) mass is 281 g/mol. The number of pyridine rings is 1. The first-order valence-corrected chi connectivity index (χ1v) is 6.99. The summed E-state index contributed by atoms with van der Waals surface area (Å²) in [4.78, 5) is 16.4. The molecule has 0 aliphatic heterocycles. The van der Waals surface area contributed by atoms with E-state index in [1.54, 1.807) is 0 Å². The van der Waals surface area contributed by atoms with Crippen LogP contribution in [0.3, 0.4) is 0 Å². The van der Waals surface area contributed by atoms with Gasteiger partial charge in [-0.2, -0.15) is 0 Å². The number of nitrogens with two attached hydrogens (primary N) is 1. The van der Waals surface area contributed by atoms with E-state index >= 15 is 0 Å². The van der Waals surface area contributed by atoms with Crippen LogP contribution in [-0.4, -0.2) is 19.9 Å². The lowest BCUT2D eigenvalue weighted by atomic mass is 10.2. The summed E-state index contributed by atoms with van der Waals surface area (Å²) in [6.07, 6.45) is 1.82. The second kappa shape index (κ2) is 4.01. The van der Waals surface area contributed by atoms with Crippen LogP contribution in [0.1, 0.15) is 5.56 Å². The number of nitrogens with zero attached hydrogens (tertiary/aromatic N) is 3. The van der Waals surface area contributed by atoms with Gasteiger partial charge in [-0.3, -0.25) is 0 Å². The summed E-state index contributed by atoms with van der Waals surface area (Å²) in [5.41, 5.74) is 10.4. The number of nitrogen functional groups attached to an aromatic ring is 1. The highest BCUT2D eigenvalue weighted by atomic mass is 32.1. The molecule has 3 heterocycles. The lowest BCUT2D eigenvalue weighted by Crippen LogP contribution is -1.80. The van der Waals surface area contributed by atoms with E-state index in [-0.39, 0.29) is 0 Å². The smallest absolute Gasteiger partial charge is 0.181 e. The molecule has 0 atom stereocenters. The zero-order valence-corrected chi connectivity index (χ0v) is 11.5. The van der Waals surface area contributed by atoms with E-state index in [1.165, 1.54) is 11.3 Å². The number of hydrogen-bond donors (Lipinski definition) is 2. The van der Waals surface area contributed by atoms with E-state index < -0.39 is 0 Å². The molecule has 3 N–H and O–H groups in total. The summed E-state index contributed by atoms with van der Waals surface area (Å²) in [5.74, 6) is 0.812. The number of anilines is 1. The van der Waals surface area contributed by atoms with Crippen molar-refractivity contribution in [3.8, 4) is 11.4 Å². The Labute approximate surface area is 118 Å². The summed E-state index contributed by atoms with van der Waals surface area (Å²) in [6.45, 7) is 2.01. The number of thiazole rings is 1. The van der Waals surface area contributed by atoms with Crippen molar-refractivity contribution in [3.05, 3.63) is 36.0 Å². The molecule has 3 aromatic heterocycles. The number of hydrogen-bond acceptors (Lipinski definition) is 5. The summed E-state index contributed by atoms with van der Waals surface area (Å²) >= 11 is 1.48.